The van der Waals surface area contributed by atoms with Crippen LogP contribution in [0, 0.1) is 19.7 Å². The number of anilines is 2. The number of carbonyl (C=O) groups is 1. The van der Waals surface area contributed by atoms with E-state index in [0.717, 1.165) is 27.8 Å². The lowest BCUT2D eigenvalue weighted by Crippen LogP contribution is -2.37. The highest BCUT2D eigenvalue weighted by atomic mass is 32.2. The Morgan fingerprint density at radius 2 is 1.88 bits per heavy atom. The zero-order valence-corrected chi connectivity index (χ0v) is 14.5. The average Bonchev–Trinajstić information content (AvgIpc) is 2.47. The summed E-state index contributed by atoms with van der Waals surface area (Å²) in [6, 6.07) is 10.7. The van der Waals surface area contributed by atoms with Crippen molar-refractivity contribution in [3.8, 4) is 0 Å². The minimum absolute atomic E-state index is 0.105. The Labute approximate surface area is 141 Å². The molecule has 0 radical (unpaired) electrons. The van der Waals surface area contributed by atoms with Crippen molar-refractivity contribution >= 4 is 27.3 Å². The molecule has 0 atom stereocenters. The number of hydrogen-bond donors (Lipinski definition) is 1. The van der Waals surface area contributed by atoms with E-state index in [-0.39, 0.29) is 5.69 Å². The Hall–Kier alpha value is -2.41. The fraction of sp³-hybridized carbons (Fsp3) is 0.235. The topological polar surface area (TPSA) is 66.5 Å². The van der Waals surface area contributed by atoms with Crippen LogP contribution in [-0.4, -0.2) is 27.1 Å². The molecule has 2 aromatic rings. The minimum atomic E-state index is -3.73. The van der Waals surface area contributed by atoms with E-state index < -0.39 is 28.3 Å². The van der Waals surface area contributed by atoms with E-state index in [2.05, 4.69) is 5.32 Å². The second-order valence-electron chi connectivity index (χ2n) is 5.62. The van der Waals surface area contributed by atoms with Crippen LogP contribution in [0.4, 0.5) is 15.8 Å². The summed E-state index contributed by atoms with van der Waals surface area (Å²) in [6.45, 7) is 3.30. The fourth-order valence-corrected chi connectivity index (χ4v) is 3.07. The normalized spacial score (nSPS) is 11.2. The van der Waals surface area contributed by atoms with Crippen molar-refractivity contribution in [3.63, 3.8) is 0 Å². The van der Waals surface area contributed by atoms with E-state index in [1.54, 1.807) is 6.07 Å². The molecule has 2 aromatic carbocycles. The van der Waals surface area contributed by atoms with Crippen molar-refractivity contribution < 1.29 is 17.6 Å². The molecule has 0 fully saturated rings. The number of carbonyl (C=O) groups excluding carboxylic acids is 1. The number of aryl methyl sites for hydroxylation is 2. The molecule has 1 N–H and O–H groups in total. The van der Waals surface area contributed by atoms with Crippen molar-refractivity contribution in [1.82, 2.24) is 0 Å². The van der Waals surface area contributed by atoms with E-state index in [4.69, 9.17) is 0 Å². The Morgan fingerprint density at radius 3 is 2.50 bits per heavy atom. The van der Waals surface area contributed by atoms with Crippen molar-refractivity contribution in [3.05, 3.63) is 59.4 Å². The van der Waals surface area contributed by atoms with Gasteiger partial charge in [0.05, 0.1) is 11.9 Å². The van der Waals surface area contributed by atoms with Crippen LogP contribution in [0.15, 0.2) is 42.5 Å². The Balaban J connectivity index is 2.24. The van der Waals surface area contributed by atoms with Gasteiger partial charge in [0.1, 0.15) is 12.4 Å². The van der Waals surface area contributed by atoms with Crippen molar-refractivity contribution in [2.45, 2.75) is 13.8 Å². The maximum absolute atomic E-state index is 13.4. The van der Waals surface area contributed by atoms with Gasteiger partial charge in [0.15, 0.2) is 0 Å². The Morgan fingerprint density at radius 1 is 1.17 bits per heavy atom. The number of amides is 1. The third kappa shape index (κ3) is 4.55. The summed E-state index contributed by atoms with van der Waals surface area (Å²) in [7, 11) is -3.73. The van der Waals surface area contributed by atoms with Crippen LogP contribution in [-0.2, 0) is 14.8 Å². The van der Waals surface area contributed by atoms with E-state index >= 15 is 0 Å². The summed E-state index contributed by atoms with van der Waals surface area (Å²) in [6.07, 6.45) is 0.975. The SMILES string of the molecule is Cc1ccc(C)c(NC(=O)CN(c2cccc(F)c2)S(C)(=O)=O)c1. The summed E-state index contributed by atoms with van der Waals surface area (Å²) in [5, 5.41) is 2.70. The second kappa shape index (κ2) is 7.00. The third-order valence-electron chi connectivity index (χ3n) is 3.45. The molecule has 128 valence electrons. The Kier molecular flexibility index (Phi) is 5.23. The van der Waals surface area contributed by atoms with E-state index in [0.29, 0.717) is 5.69 Å². The Bertz CT molecular complexity index is 866. The zero-order chi connectivity index (χ0) is 17.9. The van der Waals surface area contributed by atoms with Crippen LogP contribution in [0.3, 0.4) is 0 Å². The molecule has 0 saturated carbocycles. The number of rotatable bonds is 5. The molecule has 5 nitrogen and oxygen atoms in total. The lowest BCUT2D eigenvalue weighted by molar-refractivity contribution is -0.114. The molecule has 2 rings (SSSR count). The summed E-state index contributed by atoms with van der Waals surface area (Å²) < 4.78 is 38.2. The molecule has 1 amide bonds. The molecule has 0 saturated heterocycles. The first-order valence-corrected chi connectivity index (χ1v) is 9.12. The van der Waals surface area contributed by atoms with Gasteiger partial charge in [0.2, 0.25) is 15.9 Å². The van der Waals surface area contributed by atoms with E-state index in [1.165, 1.54) is 18.2 Å². The van der Waals surface area contributed by atoms with Crippen LogP contribution in [0.25, 0.3) is 0 Å². The third-order valence-corrected chi connectivity index (χ3v) is 4.59. The quantitative estimate of drug-likeness (QED) is 0.902. The van der Waals surface area contributed by atoms with E-state index in [9.17, 15) is 17.6 Å². The number of sulfonamides is 1. The van der Waals surface area contributed by atoms with Crippen molar-refractivity contribution in [1.29, 1.82) is 0 Å². The molecular weight excluding hydrogens is 331 g/mol. The van der Waals surface area contributed by atoms with Crippen LogP contribution in [0.2, 0.25) is 0 Å². The highest BCUT2D eigenvalue weighted by Gasteiger charge is 2.21. The second-order valence-corrected chi connectivity index (χ2v) is 7.52. The van der Waals surface area contributed by atoms with Gasteiger partial charge in [-0.1, -0.05) is 18.2 Å². The van der Waals surface area contributed by atoms with Crippen LogP contribution in [0.1, 0.15) is 11.1 Å². The number of benzene rings is 2. The number of halogens is 1. The molecule has 24 heavy (non-hydrogen) atoms. The van der Waals surface area contributed by atoms with Gasteiger partial charge in [-0.15, -0.1) is 0 Å². The molecular formula is C17H19FN2O3S. The maximum Gasteiger partial charge on any atom is 0.245 e. The van der Waals surface area contributed by atoms with Crippen LogP contribution in [0.5, 0.6) is 0 Å². The highest BCUT2D eigenvalue weighted by Crippen LogP contribution is 2.20. The lowest BCUT2D eigenvalue weighted by Gasteiger charge is -2.22. The van der Waals surface area contributed by atoms with Gasteiger partial charge >= 0.3 is 0 Å². The monoisotopic (exact) mass is 350 g/mol. The van der Waals surface area contributed by atoms with Crippen LogP contribution >= 0.6 is 0 Å². The van der Waals surface area contributed by atoms with E-state index in [1.807, 2.05) is 26.0 Å². The standard InChI is InChI=1S/C17H19FN2O3S/c1-12-7-8-13(2)16(9-12)19-17(21)11-20(24(3,22)23)15-6-4-5-14(18)10-15/h4-10H,11H2,1-3H3,(H,19,21). The molecule has 0 aliphatic carbocycles. The number of nitrogens with one attached hydrogen (secondary N) is 1. The molecule has 0 aliphatic heterocycles. The molecule has 0 spiro atoms. The zero-order valence-electron chi connectivity index (χ0n) is 13.7. The summed E-state index contributed by atoms with van der Waals surface area (Å²) in [4.78, 5) is 12.3. The highest BCUT2D eigenvalue weighted by molar-refractivity contribution is 7.92. The van der Waals surface area contributed by atoms with Gasteiger partial charge in [0.25, 0.3) is 0 Å². The lowest BCUT2D eigenvalue weighted by atomic mass is 10.1. The van der Waals surface area contributed by atoms with Crippen molar-refractivity contribution in [2.75, 3.05) is 22.4 Å². The average molecular weight is 350 g/mol. The van der Waals surface area contributed by atoms with Crippen LogP contribution < -0.4 is 9.62 Å². The molecule has 7 heteroatoms. The largest absolute Gasteiger partial charge is 0.324 e. The molecule has 0 aliphatic rings. The van der Waals surface area contributed by atoms with Gasteiger partial charge in [-0.25, -0.2) is 12.8 Å². The smallest absolute Gasteiger partial charge is 0.245 e. The first-order chi connectivity index (χ1) is 11.2. The maximum atomic E-state index is 13.4. The minimum Gasteiger partial charge on any atom is -0.324 e. The van der Waals surface area contributed by atoms with Gasteiger partial charge in [-0.05, 0) is 49.2 Å². The van der Waals surface area contributed by atoms with Gasteiger partial charge in [0, 0.05) is 5.69 Å². The number of nitrogens with zero attached hydrogens (tertiary/aromatic N) is 1. The molecule has 0 aromatic heterocycles. The van der Waals surface area contributed by atoms with Gasteiger partial charge < -0.3 is 5.32 Å². The van der Waals surface area contributed by atoms with Gasteiger partial charge in [-0.2, -0.15) is 0 Å². The fourth-order valence-electron chi connectivity index (χ4n) is 2.22. The first kappa shape index (κ1) is 17.9. The predicted octanol–water partition coefficient (Wildman–Crippen LogP) is 2.85. The van der Waals surface area contributed by atoms with Crippen molar-refractivity contribution in [2.24, 2.45) is 0 Å². The summed E-state index contributed by atoms with van der Waals surface area (Å²) in [5.74, 6) is -1.07. The molecule has 0 heterocycles. The predicted molar refractivity (Wildman–Crippen MR) is 93.1 cm³/mol. The number of hydrogen-bond acceptors (Lipinski definition) is 3. The van der Waals surface area contributed by atoms with Gasteiger partial charge in [-0.3, -0.25) is 9.10 Å². The molecule has 0 unspecified atom stereocenters. The summed E-state index contributed by atoms with van der Waals surface area (Å²) in [5.41, 5.74) is 2.56. The summed E-state index contributed by atoms with van der Waals surface area (Å²) >= 11 is 0. The first-order valence-electron chi connectivity index (χ1n) is 7.27. The molecule has 0 bridgehead atoms.